The quantitative estimate of drug-likeness (QED) is 0.527. The average molecular weight is 291 g/mol. The maximum atomic E-state index is 6.03. The van der Waals surface area contributed by atoms with Crippen molar-refractivity contribution in [2.24, 2.45) is 0 Å². The molecule has 0 aliphatic heterocycles. The molecule has 0 bridgehead atoms. The van der Waals surface area contributed by atoms with Gasteiger partial charge in [0.05, 0.1) is 5.02 Å². The van der Waals surface area contributed by atoms with Gasteiger partial charge in [0.1, 0.15) is 11.3 Å². The Morgan fingerprint density at radius 1 is 1.00 bits per heavy atom. The van der Waals surface area contributed by atoms with Crippen molar-refractivity contribution >= 4 is 30.0 Å². The summed E-state index contributed by atoms with van der Waals surface area (Å²) in [5.41, 5.74) is 1.59. The normalized spacial score (nSPS) is 9.76. The number of pyridine rings is 1. The third-order valence-electron chi connectivity index (χ3n) is 2.92. The molecule has 0 atom stereocenters. The largest absolute Gasteiger partial charge is 0.549 e. The lowest BCUT2D eigenvalue weighted by atomic mass is 10.0. The van der Waals surface area contributed by atoms with E-state index in [9.17, 15) is 0 Å². The Morgan fingerprint density at radius 2 is 1.86 bits per heavy atom. The summed E-state index contributed by atoms with van der Waals surface area (Å²) in [5.74, 6) is 6.48. The second-order valence-corrected chi connectivity index (χ2v) is 4.72. The van der Waals surface area contributed by atoms with Crippen LogP contribution in [-0.4, -0.2) is 12.5 Å². The van der Waals surface area contributed by atoms with Crippen LogP contribution >= 0.6 is 11.6 Å². The first-order valence-electron chi connectivity index (χ1n) is 6.43. The van der Waals surface area contributed by atoms with Crippen LogP contribution < -0.4 is 4.65 Å². The summed E-state index contributed by atoms with van der Waals surface area (Å²) in [7, 11) is 1.45. The van der Waals surface area contributed by atoms with E-state index < -0.39 is 0 Å². The van der Waals surface area contributed by atoms with E-state index in [4.69, 9.17) is 16.3 Å². The first-order chi connectivity index (χ1) is 10.3. The van der Waals surface area contributed by atoms with Crippen molar-refractivity contribution < 1.29 is 4.65 Å². The first kappa shape index (κ1) is 13.5. The van der Waals surface area contributed by atoms with Crippen LogP contribution in [0.1, 0.15) is 5.56 Å². The van der Waals surface area contributed by atoms with E-state index in [1.54, 1.807) is 12.3 Å². The molecule has 0 spiro atoms. The van der Waals surface area contributed by atoms with Gasteiger partial charge in [-0.1, -0.05) is 47.9 Å². The van der Waals surface area contributed by atoms with E-state index in [0.29, 0.717) is 10.8 Å². The molecule has 0 unspecified atom stereocenters. The lowest BCUT2D eigenvalue weighted by Gasteiger charge is -2.04. The van der Waals surface area contributed by atoms with Gasteiger partial charge in [0, 0.05) is 17.1 Å². The molecule has 0 aliphatic rings. The van der Waals surface area contributed by atoms with Crippen LogP contribution in [0.2, 0.25) is 5.02 Å². The van der Waals surface area contributed by atoms with E-state index >= 15 is 0 Å². The molecule has 1 radical (unpaired) electrons. The molecule has 1 heterocycles. The molecule has 1 aromatic heterocycles. The lowest BCUT2D eigenvalue weighted by molar-refractivity contribution is 0.611. The molecular weight excluding hydrogens is 280 g/mol. The Labute approximate surface area is 129 Å². The van der Waals surface area contributed by atoms with Crippen molar-refractivity contribution in [2.75, 3.05) is 0 Å². The van der Waals surface area contributed by atoms with Gasteiger partial charge < -0.3 is 4.65 Å². The molecule has 0 N–H and O–H groups in total. The molecule has 3 rings (SSSR count). The van der Waals surface area contributed by atoms with Crippen molar-refractivity contribution in [1.29, 1.82) is 0 Å². The van der Waals surface area contributed by atoms with Gasteiger partial charge >= 0.3 is 7.48 Å². The molecule has 0 saturated heterocycles. The summed E-state index contributed by atoms with van der Waals surface area (Å²) in [6, 6.07) is 17.1. The van der Waals surface area contributed by atoms with Crippen LogP contribution in [0.5, 0.6) is 5.75 Å². The van der Waals surface area contributed by atoms with Gasteiger partial charge in [0.25, 0.3) is 0 Å². The smallest absolute Gasteiger partial charge is 0.472 e. The van der Waals surface area contributed by atoms with Crippen LogP contribution in [-0.2, 0) is 0 Å². The zero-order valence-electron chi connectivity index (χ0n) is 11.1. The molecule has 21 heavy (non-hydrogen) atoms. The third kappa shape index (κ3) is 3.18. The van der Waals surface area contributed by atoms with Gasteiger partial charge in [-0.3, -0.25) is 4.98 Å². The minimum absolute atomic E-state index is 0.630. The second-order valence-electron chi connectivity index (χ2n) is 4.32. The van der Waals surface area contributed by atoms with E-state index in [2.05, 4.69) is 16.7 Å². The predicted molar refractivity (Wildman–Crippen MR) is 86.5 cm³/mol. The van der Waals surface area contributed by atoms with Crippen molar-refractivity contribution in [2.45, 2.75) is 0 Å². The number of halogens is 1. The molecule has 4 heteroatoms. The Hall–Kier alpha value is -2.44. The van der Waals surface area contributed by atoms with E-state index in [1.165, 1.54) is 7.48 Å². The predicted octanol–water partition coefficient (Wildman–Crippen LogP) is 3.90. The molecule has 2 nitrogen and oxygen atoms in total. The number of aromatic nitrogens is 1. The zero-order chi connectivity index (χ0) is 14.5. The van der Waals surface area contributed by atoms with Crippen molar-refractivity contribution in [1.82, 2.24) is 4.98 Å². The Balaban J connectivity index is 1.75. The van der Waals surface area contributed by atoms with Crippen LogP contribution in [0.15, 0.2) is 60.8 Å². The summed E-state index contributed by atoms with van der Waals surface area (Å²) in [6.07, 6.45) is 1.74. The van der Waals surface area contributed by atoms with E-state index in [1.807, 2.05) is 48.5 Å². The minimum atomic E-state index is 0.630. The lowest BCUT2D eigenvalue weighted by Crippen LogP contribution is -2.00. The fraction of sp³-hybridized carbons (Fsp3) is 0. The second kappa shape index (κ2) is 6.34. The van der Waals surface area contributed by atoms with Crippen molar-refractivity contribution in [3.05, 3.63) is 71.4 Å². The number of rotatable bonds is 2. The maximum Gasteiger partial charge on any atom is 0.472 e. The molecule has 0 aliphatic carbocycles. The Kier molecular flexibility index (Phi) is 4.09. The zero-order valence-corrected chi connectivity index (χ0v) is 11.8. The minimum Gasteiger partial charge on any atom is -0.549 e. The molecule has 2 aromatic carbocycles. The summed E-state index contributed by atoms with van der Waals surface area (Å²) in [4.78, 5) is 4.32. The monoisotopic (exact) mass is 290 g/mol. The summed E-state index contributed by atoms with van der Waals surface area (Å²) < 4.78 is 5.58. The molecule has 0 amide bonds. The number of fused-ring (bicyclic) bond motifs is 1. The van der Waals surface area contributed by atoms with E-state index in [-0.39, 0.29) is 0 Å². The number of hydrogen-bond acceptors (Lipinski definition) is 2. The maximum absolute atomic E-state index is 6.03. The topological polar surface area (TPSA) is 22.1 Å². The Bertz CT molecular complexity index is 833. The van der Waals surface area contributed by atoms with Gasteiger partial charge in [-0.25, -0.2) is 0 Å². The summed E-state index contributed by atoms with van der Waals surface area (Å²) >= 11 is 6.03. The first-order valence-corrected chi connectivity index (χ1v) is 6.80. The average Bonchev–Trinajstić information content (AvgIpc) is 2.53. The molecule has 0 saturated carbocycles. The highest BCUT2D eigenvalue weighted by Gasteiger charge is 2.02. The summed E-state index contributed by atoms with van der Waals surface area (Å²) in [5, 5.41) is 1.66. The Morgan fingerprint density at radius 3 is 2.76 bits per heavy atom. The van der Waals surface area contributed by atoms with Gasteiger partial charge in [0.2, 0.25) is 0 Å². The number of benzene rings is 2. The van der Waals surface area contributed by atoms with Gasteiger partial charge in [-0.05, 0) is 24.3 Å². The molecule has 0 fully saturated rings. The molecular formula is C17H10BClNO. The van der Waals surface area contributed by atoms with Gasteiger partial charge in [-0.15, -0.1) is 5.82 Å². The molecule has 3 aromatic rings. The molecule has 99 valence electrons. The third-order valence-corrected chi connectivity index (χ3v) is 3.25. The SMILES string of the molecule is Clc1ccccc1C#C[B]Oc1cccc2cccnc12. The van der Waals surface area contributed by atoms with Gasteiger partial charge in [-0.2, -0.15) is 0 Å². The standard InChI is InChI=1S/C17H10BClNO/c19-15-8-2-1-5-13(15)10-11-18-21-16-9-3-6-14-7-4-12-20-17(14)16/h1-9,12H. The highest BCUT2D eigenvalue weighted by atomic mass is 35.5. The van der Waals surface area contributed by atoms with Crippen LogP contribution in [0, 0.1) is 11.7 Å². The van der Waals surface area contributed by atoms with Crippen molar-refractivity contribution in [3.63, 3.8) is 0 Å². The summed E-state index contributed by atoms with van der Waals surface area (Å²) in [6.45, 7) is 0. The van der Waals surface area contributed by atoms with E-state index in [0.717, 1.165) is 16.5 Å². The van der Waals surface area contributed by atoms with Crippen molar-refractivity contribution in [3.8, 4) is 17.5 Å². The van der Waals surface area contributed by atoms with Crippen LogP contribution in [0.4, 0.5) is 0 Å². The van der Waals surface area contributed by atoms with Crippen LogP contribution in [0.25, 0.3) is 10.9 Å². The fourth-order valence-corrected chi connectivity index (χ4v) is 2.12. The van der Waals surface area contributed by atoms with Crippen LogP contribution in [0.3, 0.4) is 0 Å². The number of hydrogen-bond donors (Lipinski definition) is 0. The number of para-hydroxylation sites is 1. The fourth-order valence-electron chi connectivity index (χ4n) is 1.93. The highest BCUT2D eigenvalue weighted by molar-refractivity contribution is 6.40. The van der Waals surface area contributed by atoms with Gasteiger partial charge in [0.15, 0.2) is 0 Å². The number of nitrogens with zero attached hydrogens (tertiary/aromatic N) is 1. The highest BCUT2D eigenvalue weighted by Crippen LogP contribution is 2.22.